The van der Waals surface area contributed by atoms with Crippen molar-refractivity contribution in [3.63, 3.8) is 0 Å². The van der Waals surface area contributed by atoms with Crippen molar-refractivity contribution < 1.29 is 19.1 Å². The molecule has 1 heterocycles. The summed E-state index contributed by atoms with van der Waals surface area (Å²) in [5, 5.41) is 0. The zero-order valence-corrected chi connectivity index (χ0v) is 9.48. The Hall–Kier alpha value is -1.26. The van der Waals surface area contributed by atoms with Crippen LogP contribution in [0.25, 0.3) is 0 Å². The molecule has 1 atom stereocenters. The number of esters is 1. The molecule has 2 aliphatic rings. The second-order valence-corrected chi connectivity index (χ2v) is 4.39. The average molecular weight is 227 g/mol. The van der Waals surface area contributed by atoms with Gasteiger partial charge in [-0.3, -0.25) is 4.90 Å². The van der Waals surface area contributed by atoms with Crippen molar-refractivity contribution >= 4 is 12.1 Å². The van der Waals surface area contributed by atoms with Crippen molar-refractivity contribution in [2.75, 3.05) is 20.3 Å². The lowest BCUT2D eigenvalue weighted by atomic mass is 10.2. The van der Waals surface area contributed by atoms with Crippen molar-refractivity contribution in [1.82, 2.24) is 4.90 Å². The summed E-state index contributed by atoms with van der Waals surface area (Å²) >= 11 is 0. The van der Waals surface area contributed by atoms with Crippen LogP contribution >= 0.6 is 0 Å². The van der Waals surface area contributed by atoms with Gasteiger partial charge in [0, 0.05) is 6.54 Å². The van der Waals surface area contributed by atoms with Gasteiger partial charge in [-0.25, -0.2) is 9.59 Å². The van der Waals surface area contributed by atoms with E-state index in [4.69, 9.17) is 4.74 Å². The third-order valence-corrected chi connectivity index (χ3v) is 3.09. The van der Waals surface area contributed by atoms with Gasteiger partial charge in [0.1, 0.15) is 6.04 Å². The van der Waals surface area contributed by atoms with Crippen LogP contribution in [-0.4, -0.2) is 43.3 Å². The fourth-order valence-electron chi connectivity index (χ4n) is 1.93. The van der Waals surface area contributed by atoms with E-state index in [2.05, 4.69) is 4.74 Å². The van der Waals surface area contributed by atoms with Gasteiger partial charge in [0.05, 0.1) is 13.7 Å². The predicted octanol–water partition coefficient (Wildman–Crippen LogP) is 1.17. The quantitative estimate of drug-likeness (QED) is 0.679. The minimum atomic E-state index is -0.439. The lowest BCUT2D eigenvalue weighted by Crippen LogP contribution is -2.41. The number of ether oxygens (including phenoxy) is 2. The molecule has 1 saturated heterocycles. The maximum Gasteiger partial charge on any atom is 0.410 e. The molecule has 0 radical (unpaired) electrons. The Bertz CT molecular complexity index is 288. The number of rotatable bonds is 3. The van der Waals surface area contributed by atoms with Crippen molar-refractivity contribution in [3.05, 3.63) is 0 Å². The molecule has 0 spiro atoms. The second kappa shape index (κ2) is 4.72. The van der Waals surface area contributed by atoms with Gasteiger partial charge in [-0.05, 0) is 31.6 Å². The van der Waals surface area contributed by atoms with Crippen LogP contribution in [0.2, 0.25) is 0 Å². The Balaban J connectivity index is 1.85. The van der Waals surface area contributed by atoms with E-state index < -0.39 is 12.1 Å². The first-order chi connectivity index (χ1) is 7.72. The zero-order chi connectivity index (χ0) is 11.5. The van der Waals surface area contributed by atoms with Crippen molar-refractivity contribution in [2.45, 2.75) is 31.7 Å². The van der Waals surface area contributed by atoms with Crippen molar-refractivity contribution in [2.24, 2.45) is 5.92 Å². The fourth-order valence-corrected chi connectivity index (χ4v) is 1.93. The summed E-state index contributed by atoms with van der Waals surface area (Å²) in [6.07, 6.45) is 3.37. The van der Waals surface area contributed by atoms with Crippen LogP contribution in [0.3, 0.4) is 0 Å². The van der Waals surface area contributed by atoms with E-state index in [1.165, 1.54) is 12.0 Å². The molecule has 0 bridgehead atoms. The van der Waals surface area contributed by atoms with E-state index in [1.807, 2.05) is 0 Å². The minimum absolute atomic E-state index is 0.283. The number of likely N-dealkylation sites (tertiary alicyclic amines) is 1. The summed E-state index contributed by atoms with van der Waals surface area (Å²) < 4.78 is 9.82. The van der Waals surface area contributed by atoms with Crippen LogP contribution in [0.5, 0.6) is 0 Å². The highest BCUT2D eigenvalue weighted by Gasteiger charge is 2.36. The molecule has 1 aliphatic carbocycles. The predicted molar refractivity (Wildman–Crippen MR) is 55.8 cm³/mol. The molecule has 0 aromatic heterocycles. The standard InChI is InChI=1S/C11H17NO4/c1-15-11(14)12-6-2-3-9(12)10(13)16-7-8-4-5-8/h8-9H,2-7H2,1H3/t9-/m0/s1. The molecule has 0 N–H and O–H groups in total. The normalized spacial score (nSPS) is 24.3. The van der Waals surface area contributed by atoms with Gasteiger partial charge >= 0.3 is 12.1 Å². The van der Waals surface area contributed by atoms with Crippen LogP contribution in [-0.2, 0) is 14.3 Å². The Kier molecular flexibility index (Phi) is 3.31. The van der Waals surface area contributed by atoms with E-state index in [-0.39, 0.29) is 5.97 Å². The molecule has 1 aliphatic heterocycles. The first-order valence-corrected chi connectivity index (χ1v) is 5.73. The highest BCUT2D eigenvalue weighted by molar-refractivity contribution is 5.82. The zero-order valence-electron chi connectivity index (χ0n) is 9.48. The number of nitrogens with zero attached hydrogens (tertiary/aromatic N) is 1. The Morgan fingerprint density at radius 3 is 2.69 bits per heavy atom. The van der Waals surface area contributed by atoms with Gasteiger partial charge in [0.25, 0.3) is 0 Å². The third kappa shape index (κ3) is 2.46. The maximum absolute atomic E-state index is 11.7. The smallest absolute Gasteiger partial charge is 0.410 e. The number of methoxy groups -OCH3 is 1. The molecule has 2 fully saturated rings. The molecule has 1 amide bonds. The Morgan fingerprint density at radius 2 is 2.06 bits per heavy atom. The number of hydrogen-bond donors (Lipinski definition) is 0. The van der Waals surface area contributed by atoms with Gasteiger partial charge in [-0.15, -0.1) is 0 Å². The summed E-state index contributed by atoms with van der Waals surface area (Å²) in [4.78, 5) is 24.6. The average Bonchev–Trinajstić information content (AvgIpc) is 2.99. The van der Waals surface area contributed by atoms with Crippen LogP contribution in [0.1, 0.15) is 25.7 Å². The van der Waals surface area contributed by atoms with Crippen LogP contribution in [0, 0.1) is 5.92 Å². The van der Waals surface area contributed by atoms with Gasteiger partial charge in [0.2, 0.25) is 0 Å². The largest absolute Gasteiger partial charge is 0.464 e. The summed E-state index contributed by atoms with van der Waals surface area (Å²) in [6.45, 7) is 1.08. The molecule has 5 nitrogen and oxygen atoms in total. The van der Waals surface area contributed by atoms with Crippen LogP contribution < -0.4 is 0 Å². The molecule has 0 aromatic rings. The lowest BCUT2D eigenvalue weighted by molar-refractivity contribution is -0.148. The lowest BCUT2D eigenvalue weighted by Gasteiger charge is -2.21. The number of carbonyl (C=O) groups excluding carboxylic acids is 2. The van der Waals surface area contributed by atoms with Crippen molar-refractivity contribution in [1.29, 1.82) is 0 Å². The monoisotopic (exact) mass is 227 g/mol. The van der Waals surface area contributed by atoms with Crippen LogP contribution in [0.4, 0.5) is 4.79 Å². The third-order valence-electron chi connectivity index (χ3n) is 3.09. The highest BCUT2D eigenvalue weighted by atomic mass is 16.6. The summed E-state index contributed by atoms with van der Waals surface area (Å²) in [5.41, 5.74) is 0. The Morgan fingerprint density at radius 1 is 1.31 bits per heavy atom. The molecule has 0 unspecified atom stereocenters. The number of carbonyl (C=O) groups is 2. The van der Waals surface area contributed by atoms with Crippen molar-refractivity contribution in [3.8, 4) is 0 Å². The van der Waals surface area contributed by atoms with Gasteiger partial charge in [0.15, 0.2) is 0 Å². The molecular weight excluding hydrogens is 210 g/mol. The number of amides is 1. The Labute approximate surface area is 94.7 Å². The maximum atomic E-state index is 11.7. The van der Waals surface area contributed by atoms with Crippen LogP contribution in [0.15, 0.2) is 0 Å². The molecule has 2 rings (SSSR count). The van der Waals surface area contributed by atoms with Gasteiger partial charge < -0.3 is 9.47 Å². The fraction of sp³-hybridized carbons (Fsp3) is 0.818. The molecule has 16 heavy (non-hydrogen) atoms. The first kappa shape index (κ1) is 11.2. The van der Waals surface area contributed by atoms with E-state index in [1.54, 1.807) is 0 Å². The van der Waals surface area contributed by atoms with E-state index in [0.29, 0.717) is 25.5 Å². The van der Waals surface area contributed by atoms with E-state index in [9.17, 15) is 9.59 Å². The molecule has 5 heteroatoms. The highest BCUT2D eigenvalue weighted by Crippen LogP contribution is 2.29. The summed E-state index contributed by atoms with van der Waals surface area (Å²) in [6, 6.07) is -0.439. The second-order valence-electron chi connectivity index (χ2n) is 4.39. The topological polar surface area (TPSA) is 55.8 Å². The molecule has 0 aromatic carbocycles. The molecule has 90 valence electrons. The number of hydrogen-bond acceptors (Lipinski definition) is 4. The SMILES string of the molecule is COC(=O)N1CCC[C@H]1C(=O)OCC1CC1. The van der Waals surface area contributed by atoms with Gasteiger partial charge in [-0.1, -0.05) is 0 Å². The summed E-state index contributed by atoms with van der Waals surface area (Å²) in [5.74, 6) is 0.270. The summed E-state index contributed by atoms with van der Waals surface area (Å²) in [7, 11) is 1.33. The van der Waals surface area contributed by atoms with E-state index >= 15 is 0 Å². The van der Waals surface area contributed by atoms with E-state index in [0.717, 1.165) is 19.3 Å². The first-order valence-electron chi connectivity index (χ1n) is 5.73. The van der Waals surface area contributed by atoms with Gasteiger partial charge in [-0.2, -0.15) is 0 Å². The minimum Gasteiger partial charge on any atom is -0.464 e. The molecular formula is C11H17NO4. The molecule has 1 saturated carbocycles.